The lowest BCUT2D eigenvalue weighted by molar-refractivity contribution is 0.00272. The van der Waals surface area contributed by atoms with Crippen molar-refractivity contribution in [2.75, 3.05) is 19.7 Å². The Kier molecular flexibility index (Phi) is 8.32. The molecule has 25 heavy (non-hydrogen) atoms. The van der Waals surface area contributed by atoms with Gasteiger partial charge < -0.3 is 14.2 Å². The number of hydrogen-bond acceptors (Lipinski definition) is 3. The van der Waals surface area contributed by atoms with E-state index in [0.717, 1.165) is 16.9 Å². The zero-order valence-electron chi connectivity index (χ0n) is 14.4. The standard InChI is InChI=1S/C19H23Cl2O3P/c1-13(2)10-22-11-23-15-5-3-14(4-6-15)7-17-18(20)8-16(24-12-25)9-19(17)21/h3-6,8-9,13H,7,10-12,25H2,1-2H3. The Morgan fingerprint density at radius 2 is 1.60 bits per heavy atom. The molecule has 6 heteroatoms. The van der Waals surface area contributed by atoms with Crippen molar-refractivity contribution in [2.45, 2.75) is 20.3 Å². The van der Waals surface area contributed by atoms with Crippen molar-refractivity contribution in [1.29, 1.82) is 0 Å². The maximum Gasteiger partial charge on any atom is 0.189 e. The van der Waals surface area contributed by atoms with E-state index >= 15 is 0 Å². The van der Waals surface area contributed by atoms with Crippen LogP contribution in [0.3, 0.4) is 0 Å². The van der Waals surface area contributed by atoms with E-state index in [1.54, 1.807) is 12.1 Å². The first-order valence-corrected chi connectivity index (χ1v) is 9.67. The van der Waals surface area contributed by atoms with Gasteiger partial charge >= 0.3 is 0 Å². The summed E-state index contributed by atoms with van der Waals surface area (Å²) in [6.45, 7) is 5.15. The molecule has 136 valence electrons. The molecule has 1 atom stereocenters. The van der Waals surface area contributed by atoms with Crippen molar-refractivity contribution >= 4 is 32.4 Å². The maximum absolute atomic E-state index is 6.35. The highest BCUT2D eigenvalue weighted by Gasteiger charge is 2.10. The van der Waals surface area contributed by atoms with Crippen LogP contribution in [0.15, 0.2) is 36.4 Å². The predicted octanol–water partition coefficient (Wildman–Crippen LogP) is 5.80. The molecule has 0 amide bonds. The molecular weight excluding hydrogens is 378 g/mol. The third-order valence-electron chi connectivity index (χ3n) is 3.43. The number of ether oxygens (including phenoxy) is 3. The first-order valence-electron chi connectivity index (χ1n) is 8.10. The van der Waals surface area contributed by atoms with Gasteiger partial charge in [0.2, 0.25) is 0 Å². The monoisotopic (exact) mass is 400 g/mol. The smallest absolute Gasteiger partial charge is 0.189 e. The Morgan fingerprint density at radius 1 is 0.960 bits per heavy atom. The summed E-state index contributed by atoms with van der Waals surface area (Å²) in [7, 11) is 2.50. The molecule has 0 heterocycles. The van der Waals surface area contributed by atoms with Gasteiger partial charge in [0.05, 0.1) is 6.61 Å². The SMILES string of the molecule is CC(C)COCOc1ccc(Cc2c(Cl)cc(OCP)cc2Cl)cc1. The van der Waals surface area contributed by atoms with Gasteiger partial charge in [-0.25, -0.2) is 0 Å². The average Bonchev–Trinajstić information content (AvgIpc) is 2.56. The number of hydrogen-bond donors (Lipinski definition) is 0. The van der Waals surface area contributed by atoms with E-state index in [2.05, 4.69) is 23.1 Å². The van der Waals surface area contributed by atoms with Crippen LogP contribution in [0.1, 0.15) is 25.0 Å². The molecule has 0 aliphatic carbocycles. The van der Waals surface area contributed by atoms with E-state index in [9.17, 15) is 0 Å². The maximum atomic E-state index is 6.35. The van der Waals surface area contributed by atoms with Gasteiger partial charge in [0.25, 0.3) is 0 Å². The van der Waals surface area contributed by atoms with Crippen LogP contribution in [-0.4, -0.2) is 19.7 Å². The van der Waals surface area contributed by atoms with Crippen LogP contribution in [0.5, 0.6) is 11.5 Å². The van der Waals surface area contributed by atoms with Gasteiger partial charge in [-0.05, 0) is 41.3 Å². The lowest BCUT2D eigenvalue weighted by atomic mass is 10.0. The number of rotatable bonds is 9. The van der Waals surface area contributed by atoms with Crippen LogP contribution in [0, 0.1) is 5.92 Å². The molecule has 0 aliphatic rings. The molecule has 2 aromatic carbocycles. The second kappa shape index (κ2) is 10.2. The number of benzene rings is 2. The van der Waals surface area contributed by atoms with Gasteiger partial charge in [0.15, 0.2) is 6.79 Å². The first kappa shape index (κ1) is 20.3. The normalized spacial score (nSPS) is 11.0. The fourth-order valence-corrected chi connectivity index (χ4v) is 3.02. The van der Waals surface area contributed by atoms with Gasteiger partial charge in [-0.15, -0.1) is 0 Å². The molecule has 0 aromatic heterocycles. The van der Waals surface area contributed by atoms with Crippen LogP contribution in [0.2, 0.25) is 10.0 Å². The first-order chi connectivity index (χ1) is 12.0. The second-order valence-electron chi connectivity index (χ2n) is 6.02. The van der Waals surface area contributed by atoms with Gasteiger partial charge in [-0.2, -0.15) is 0 Å². The summed E-state index contributed by atoms with van der Waals surface area (Å²) in [6.07, 6.45) is 1.14. The molecule has 0 N–H and O–H groups in total. The van der Waals surface area contributed by atoms with Crippen molar-refractivity contribution in [1.82, 2.24) is 0 Å². The zero-order chi connectivity index (χ0) is 18.2. The van der Waals surface area contributed by atoms with Crippen molar-refractivity contribution in [3.05, 3.63) is 57.6 Å². The fraction of sp³-hybridized carbons (Fsp3) is 0.368. The quantitative estimate of drug-likeness (QED) is 0.302. The molecule has 1 unspecified atom stereocenters. The van der Waals surface area contributed by atoms with Crippen molar-refractivity contribution in [3.8, 4) is 11.5 Å². The van der Waals surface area contributed by atoms with E-state index in [1.807, 2.05) is 24.3 Å². The lowest BCUT2D eigenvalue weighted by Crippen LogP contribution is -2.07. The van der Waals surface area contributed by atoms with Crippen molar-refractivity contribution < 1.29 is 14.2 Å². The van der Waals surface area contributed by atoms with Gasteiger partial charge in [-0.1, -0.05) is 58.4 Å². The molecule has 0 radical (unpaired) electrons. The van der Waals surface area contributed by atoms with Crippen molar-refractivity contribution in [2.24, 2.45) is 5.92 Å². The van der Waals surface area contributed by atoms with Crippen LogP contribution < -0.4 is 9.47 Å². The Balaban J connectivity index is 1.97. The zero-order valence-corrected chi connectivity index (χ0v) is 17.1. The minimum atomic E-state index is 0.256. The molecule has 0 fully saturated rings. The van der Waals surface area contributed by atoms with E-state index in [0.29, 0.717) is 41.1 Å². The van der Waals surface area contributed by atoms with Gasteiger partial charge in [-0.3, -0.25) is 0 Å². The summed E-state index contributed by atoms with van der Waals surface area (Å²) in [6, 6.07) is 11.4. The summed E-state index contributed by atoms with van der Waals surface area (Å²) in [4.78, 5) is 0. The van der Waals surface area contributed by atoms with E-state index in [-0.39, 0.29) is 6.79 Å². The molecule has 0 aliphatic heterocycles. The molecule has 0 spiro atoms. The summed E-state index contributed by atoms with van der Waals surface area (Å²) in [5, 5.41) is 1.20. The molecule has 2 rings (SSSR count). The highest BCUT2D eigenvalue weighted by Crippen LogP contribution is 2.32. The Labute approximate surface area is 161 Å². The molecule has 3 nitrogen and oxygen atoms in total. The highest BCUT2D eigenvalue weighted by atomic mass is 35.5. The Hall–Kier alpha value is -0.990. The van der Waals surface area contributed by atoms with Crippen LogP contribution in [0.25, 0.3) is 0 Å². The third-order valence-corrected chi connectivity index (χ3v) is 4.27. The predicted molar refractivity (Wildman–Crippen MR) is 107 cm³/mol. The molecular formula is C19H23Cl2O3P. The molecule has 0 saturated carbocycles. The second-order valence-corrected chi connectivity index (χ2v) is 7.17. The largest absolute Gasteiger partial charge is 0.490 e. The molecule has 2 aromatic rings. The van der Waals surface area contributed by atoms with Gasteiger partial charge in [0.1, 0.15) is 17.8 Å². The molecule has 0 bridgehead atoms. The Morgan fingerprint density at radius 3 is 2.16 bits per heavy atom. The molecule has 0 saturated heterocycles. The fourth-order valence-electron chi connectivity index (χ4n) is 2.23. The van der Waals surface area contributed by atoms with E-state index < -0.39 is 0 Å². The van der Waals surface area contributed by atoms with E-state index in [1.165, 1.54) is 0 Å². The summed E-state index contributed by atoms with van der Waals surface area (Å²) >= 11 is 12.7. The van der Waals surface area contributed by atoms with Crippen LogP contribution in [0.4, 0.5) is 0 Å². The van der Waals surface area contributed by atoms with Crippen LogP contribution >= 0.6 is 32.4 Å². The lowest BCUT2D eigenvalue weighted by Gasteiger charge is -2.12. The highest BCUT2D eigenvalue weighted by molar-refractivity contribution is 7.16. The minimum Gasteiger partial charge on any atom is -0.490 e. The van der Waals surface area contributed by atoms with Crippen LogP contribution in [-0.2, 0) is 11.2 Å². The summed E-state index contributed by atoms with van der Waals surface area (Å²) in [5.74, 6) is 1.93. The van der Waals surface area contributed by atoms with Crippen molar-refractivity contribution in [3.63, 3.8) is 0 Å². The third kappa shape index (κ3) is 6.67. The average molecular weight is 401 g/mol. The van der Waals surface area contributed by atoms with Gasteiger partial charge in [0, 0.05) is 16.5 Å². The van der Waals surface area contributed by atoms with E-state index in [4.69, 9.17) is 37.4 Å². The summed E-state index contributed by atoms with van der Waals surface area (Å²) < 4.78 is 16.4. The summed E-state index contributed by atoms with van der Waals surface area (Å²) in [5.41, 5.74) is 1.98. The number of halogens is 2. The minimum absolute atomic E-state index is 0.256. The Bertz CT molecular complexity index is 652. The topological polar surface area (TPSA) is 27.7 Å².